The van der Waals surface area contributed by atoms with E-state index < -0.39 is 0 Å². The number of benzene rings is 1. The van der Waals surface area contributed by atoms with Crippen molar-refractivity contribution in [1.29, 1.82) is 0 Å². The molecule has 30 heavy (non-hydrogen) atoms. The molecule has 8 heteroatoms. The van der Waals surface area contributed by atoms with Crippen LogP contribution in [0.15, 0.2) is 35.0 Å². The van der Waals surface area contributed by atoms with Gasteiger partial charge < -0.3 is 19.3 Å². The van der Waals surface area contributed by atoms with E-state index in [0.29, 0.717) is 24.7 Å². The molecule has 4 rings (SSSR count). The molecular weight excluding hydrogens is 384 g/mol. The average molecular weight is 410 g/mol. The number of ether oxygens (including phenoxy) is 2. The summed E-state index contributed by atoms with van der Waals surface area (Å²) in [5.41, 5.74) is 3.32. The van der Waals surface area contributed by atoms with Crippen LogP contribution >= 0.6 is 0 Å². The van der Waals surface area contributed by atoms with Crippen LogP contribution < -0.4 is 14.8 Å². The molecule has 1 atom stereocenters. The fourth-order valence-corrected chi connectivity index (χ4v) is 3.48. The molecule has 0 spiro atoms. The number of hydrogen-bond acceptors (Lipinski definition) is 6. The summed E-state index contributed by atoms with van der Waals surface area (Å²) in [7, 11) is 1.86. The van der Waals surface area contributed by atoms with E-state index in [1.165, 1.54) is 0 Å². The van der Waals surface area contributed by atoms with Crippen LogP contribution in [0.3, 0.4) is 0 Å². The Morgan fingerprint density at radius 3 is 2.63 bits per heavy atom. The maximum absolute atomic E-state index is 12.9. The Morgan fingerprint density at radius 2 is 1.93 bits per heavy atom. The fraction of sp³-hybridized carbons (Fsp3) is 0.409. The van der Waals surface area contributed by atoms with Gasteiger partial charge in [-0.05, 0) is 30.5 Å². The second-order valence-electron chi connectivity index (χ2n) is 7.80. The molecule has 3 heterocycles. The molecule has 1 aliphatic rings. The number of hydrogen-bond donors (Lipinski definition) is 1. The van der Waals surface area contributed by atoms with Gasteiger partial charge in [-0.1, -0.05) is 25.1 Å². The predicted octanol–water partition coefficient (Wildman–Crippen LogP) is 3.67. The van der Waals surface area contributed by atoms with Crippen LogP contribution in [0.1, 0.15) is 48.1 Å². The van der Waals surface area contributed by atoms with Gasteiger partial charge in [0, 0.05) is 30.8 Å². The van der Waals surface area contributed by atoms with Gasteiger partial charge in [-0.3, -0.25) is 9.48 Å². The molecule has 3 aromatic rings. The van der Waals surface area contributed by atoms with E-state index in [1.807, 2.05) is 32.2 Å². The average Bonchev–Trinajstić information content (AvgIpc) is 3.25. The molecule has 0 bridgehead atoms. The van der Waals surface area contributed by atoms with E-state index in [0.717, 1.165) is 29.0 Å². The number of amides is 1. The third-order valence-corrected chi connectivity index (χ3v) is 5.33. The molecule has 8 nitrogen and oxygen atoms in total. The Morgan fingerprint density at radius 1 is 1.17 bits per heavy atom. The minimum Gasteiger partial charge on any atom is -0.490 e. The van der Waals surface area contributed by atoms with E-state index in [-0.39, 0.29) is 23.6 Å². The first-order chi connectivity index (χ1) is 14.4. The zero-order valence-corrected chi connectivity index (χ0v) is 17.6. The summed E-state index contributed by atoms with van der Waals surface area (Å²) in [5.74, 6) is 1.44. The highest BCUT2D eigenvalue weighted by atomic mass is 16.5. The maximum atomic E-state index is 12.9. The largest absolute Gasteiger partial charge is 0.490 e. The van der Waals surface area contributed by atoms with Crippen LogP contribution in [0, 0.1) is 12.8 Å². The van der Waals surface area contributed by atoms with E-state index in [2.05, 4.69) is 29.4 Å². The second kappa shape index (κ2) is 8.22. The number of aromatic nitrogens is 3. The molecule has 1 aromatic carbocycles. The molecule has 1 aliphatic heterocycles. The number of nitrogens with one attached hydrogen (secondary N) is 1. The zero-order valence-electron chi connectivity index (χ0n) is 17.6. The number of fused-ring (bicyclic) bond motifs is 1. The van der Waals surface area contributed by atoms with Gasteiger partial charge >= 0.3 is 0 Å². The molecule has 0 saturated carbocycles. The minimum absolute atomic E-state index is 0.154. The van der Waals surface area contributed by atoms with Gasteiger partial charge in [-0.2, -0.15) is 5.10 Å². The maximum Gasteiger partial charge on any atom is 0.290 e. The van der Waals surface area contributed by atoms with Crippen molar-refractivity contribution < 1.29 is 18.8 Å². The van der Waals surface area contributed by atoms with Crippen molar-refractivity contribution in [1.82, 2.24) is 20.3 Å². The van der Waals surface area contributed by atoms with Gasteiger partial charge in [0.25, 0.3) is 5.91 Å². The van der Waals surface area contributed by atoms with Crippen molar-refractivity contribution in [3.63, 3.8) is 0 Å². The Hall–Kier alpha value is -3.29. The lowest BCUT2D eigenvalue weighted by Gasteiger charge is -2.23. The van der Waals surface area contributed by atoms with Crippen LogP contribution in [0.4, 0.5) is 0 Å². The second-order valence-corrected chi connectivity index (χ2v) is 7.80. The first-order valence-corrected chi connectivity index (χ1v) is 10.1. The third kappa shape index (κ3) is 3.90. The lowest BCUT2D eigenvalue weighted by Crippen LogP contribution is -2.31. The summed E-state index contributed by atoms with van der Waals surface area (Å²) in [4.78, 5) is 12.9. The van der Waals surface area contributed by atoms with Crippen LogP contribution in [0.2, 0.25) is 0 Å². The van der Waals surface area contributed by atoms with Crippen LogP contribution in [-0.2, 0) is 7.05 Å². The topological polar surface area (TPSA) is 91.4 Å². The lowest BCUT2D eigenvalue weighted by atomic mass is 9.95. The SMILES string of the molecule is Cc1c(-c2cc(C(=O)N[C@H](c3ccc4c(c3)OCCCO4)C(C)C)on2)cnn1C. The third-order valence-electron chi connectivity index (χ3n) is 5.33. The minimum atomic E-state index is -0.318. The standard InChI is InChI=1S/C22H26N4O4/c1-13(2)21(15-6-7-18-19(10-15)29-9-5-8-28-18)24-22(27)20-11-17(25-30-20)16-12-23-26(4)14(16)3/h6-7,10-13,21H,5,8-9H2,1-4H3,(H,24,27)/t21-/m0/s1. The Kier molecular flexibility index (Phi) is 5.48. The summed E-state index contributed by atoms with van der Waals surface area (Å²) >= 11 is 0. The molecular formula is C22H26N4O4. The van der Waals surface area contributed by atoms with Crippen molar-refractivity contribution in [2.45, 2.75) is 33.2 Å². The van der Waals surface area contributed by atoms with Crippen LogP contribution in [-0.4, -0.2) is 34.1 Å². The fourth-order valence-electron chi connectivity index (χ4n) is 3.48. The van der Waals surface area contributed by atoms with E-state index in [9.17, 15) is 4.79 Å². The van der Waals surface area contributed by atoms with Gasteiger partial charge in [0.1, 0.15) is 5.69 Å². The number of nitrogens with zero attached hydrogens (tertiary/aromatic N) is 3. The molecule has 1 amide bonds. The van der Waals surface area contributed by atoms with Crippen LogP contribution in [0.5, 0.6) is 11.5 Å². The smallest absolute Gasteiger partial charge is 0.290 e. The molecule has 0 fully saturated rings. The summed E-state index contributed by atoms with van der Waals surface area (Å²) in [6.07, 6.45) is 2.56. The van der Waals surface area contributed by atoms with Gasteiger partial charge in [0.15, 0.2) is 11.5 Å². The monoisotopic (exact) mass is 410 g/mol. The van der Waals surface area contributed by atoms with Gasteiger partial charge in [-0.15, -0.1) is 0 Å². The Balaban J connectivity index is 1.55. The number of carbonyl (C=O) groups excluding carboxylic acids is 1. The number of aryl methyl sites for hydroxylation is 1. The van der Waals surface area contributed by atoms with Crippen molar-refractivity contribution in [2.24, 2.45) is 13.0 Å². The first kappa shape index (κ1) is 20.0. The molecule has 158 valence electrons. The van der Waals surface area contributed by atoms with Gasteiger partial charge in [-0.25, -0.2) is 0 Å². The number of rotatable bonds is 5. The van der Waals surface area contributed by atoms with Crippen molar-refractivity contribution in [3.05, 3.63) is 47.5 Å². The summed E-state index contributed by atoms with van der Waals surface area (Å²) in [6.45, 7) is 7.30. The summed E-state index contributed by atoms with van der Waals surface area (Å²) < 4.78 is 18.6. The molecule has 0 saturated heterocycles. The quantitative estimate of drug-likeness (QED) is 0.690. The highest BCUT2D eigenvalue weighted by Crippen LogP contribution is 2.34. The highest BCUT2D eigenvalue weighted by Gasteiger charge is 2.24. The summed E-state index contributed by atoms with van der Waals surface area (Å²) in [5, 5.41) is 11.3. The van der Waals surface area contributed by atoms with E-state index in [4.69, 9.17) is 14.0 Å². The van der Waals surface area contributed by atoms with Crippen molar-refractivity contribution >= 4 is 5.91 Å². The van der Waals surface area contributed by atoms with Crippen molar-refractivity contribution in [2.75, 3.05) is 13.2 Å². The Bertz CT molecular complexity index is 1050. The highest BCUT2D eigenvalue weighted by molar-refractivity contribution is 5.92. The predicted molar refractivity (Wildman–Crippen MR) is 111 cm³/mol. The lowest BCUT2D eigenvalue weighted by molar-refractivity contribution is 0.0888. The molecule has 0 aliphatic carbocycles. The van der Waals surface area contributed by atoms with Gasteiger partial charge in [0.05, 0.1) is 25.5 Å². The normalized spacial score (nSPS) is 14.4. The van der Waals surface area contributed by atoms with E-state index >= 15 is 0 Å². The molecule has 0 radical (unpaired) electrons. The molecule has 1 N–H and O–H groups in total. The van der Waals surface area contributed by atoms with Gasteiger partial charge in [0.2, 0.25) is 5.76 Å². The number of carbonyl (C=O) groups is 1. The first-order valence-electron chi connectivity index (χ1n) is 10.1. The summed E-state index contributed by atoms with van der Waals surface area (Å²) in [6, 6.07) is 7.22. The zero-order chi connectivity index (χ0) is 21.3. The molecule has 0 unspecified atom stereocenters. The Labute approximate surface area is 175 Å². The van der Waals surface area contributed by atoms with E-state index in [1.54, 1.807) is 16.9 Å². The van der Waals surface area contributed by atoms with Crippen molar-refractivity contribution in [3.8, 4) is 22.8 Å². The van der Waals surface area contributed by atoms with Crippen LogP contribution in [0.25, 0.3) is 11.3 Å². The molecule has 2 aromatic heterocycles.